The van der Waals surface area contributed by atoms with E-state index in [2.05, 4.69) is 46.9 Å². The number of hydrogen-bond acceptors (Lipinski definition) is 2. The zero-order chi connectivity index (χ0) is 17.6. The summed E-state index contributed by atoms with van der Waals surface area (Å²) in [4.78, 5) is 0. The van der Waals surface area contributed by atoms with Crippen LogP contribution in [0.5, 0.6) is 0 Å². The molecule has 0 bridgehead atoms. The van der Waals surface area contributed by atoms with Crippen molar-refractivity contribution in [3.63, 3.8) is 0 Å². The molecule has 6 heteroatoms. The lowest BCUT2D eigenvalue weighted by atomic mass is 10.1. The lowest BCUT2D eigenvalue weighted by Crippen LogP contribution is -2.31. The molecule has 0 spiro atoms. The van der Waals surface area contributed by atoms with Gasteiger partial charge in [-0.25, -0.2) is 0 Å². The van der Waals surface area contributed by atoms with Crippen molar-refractivity contribution in [3.05, 3.63) is 83.0 Å². The fourth-order valence-electron chi connectivity index (χ4n) is 2.50. The standard InChI is InChI=1S/C19H19ClN4S/c1-14(16-10-6-3-7-11-16)21-19(25)22-18-17(20)13-24(23-18)12-15-8-4-2-5-9-15/h2-11,13-14H,12H2,1H3,(H2,21,22,23,25). The van der Waals surface area contributed by atoms with Gasteiger partial charge in [-0.15, -0.1) is 0 Å². The SMILES string of the molecule is CC(NC(=S)Nc1nn(Cc2ccccc2)cc1Cl)c1ccccc1. The third kappa shape index (κ3) is 4.81. The smallest absolute Gasteiger partial charge is 0.173 e. The molecule has 0 amide bonds. The Kier molecular flexibility index (Phi) is 5.68. The highest BCUT2D eigenvalue weighted by atomic mass is 35.5. The van der Waals surface area contributed by atoms with Crippen LogP contribution in [0.15, 0.2) is 66.9 Å². The van der Waals surface area contributed by atoms with E-state index in [-0.39, 0.29) is 6.04 Å². The van der Waals surface area contributed by atoms with Crippen LogP contribution in [0.2, 0.25) is 5.02 Å². The largest absolute Gasteiger partial charge is 0.356 e. The maximum Gasteiger partial charge on any atom is 0.173 e. The quantitative estimate of drug-likeness (QED) is 0.642. The van der Waals surface area contributed by atoms with Gasteiger partial charge in [0.25, 0.3) is 0 Å². The van der Waals surface area contributed by atoms with Crippen molar-refractivity contribution in [2.24, 2.45) is 0 Å². The van der Waals surface area contributed by atoms with E-state index in [4.69, 9.17) is 23.8 Å². The molecular formula is C19H19ClN4S. The minimum Gasteiger partial charge on any atom is -0.356 e. The molecule has 3 aromatic rings. The number of halogens is 1. The summed E-state index contributed by atoms with van der Waals surface area (Å²) in [7, 11) is 0. The zero-order valence-electron chi connectivity index (χ0n) is 13.8. The topological polar surface area (TPSA) is 41.9 Å². The molecule has 0 saturated heterocycles. The van der Waals surface area contributed by atoms with Gasteiger partial charge in [-0.3, -0.25) is 4.68 Å². The van der Waals surface area contributed by atoms with E-state index in [1.54, 1.807) is 10.9 Å². The second kappa shape index (κ2) is 8.14. The van der Waals surface area contributed by atoms with Gasteiger partial charge in [-0.1, -0.05) is 72.3 Å². The molecule has 4 nitrogen and oxygen atoms in total. The molecule has 0 fully saturated rings. The highest BCUT2D eigenvalue weighted by molar-refractivity contribution is 7.80. The molecule has 2 N–H and O–H groups in total. The van der Waals surface area contributed by atoms with E-state index < -0.39 is 0 Å². The van der Waals surface area contributed by atoms with Crippen molar-refractivity contribution in [2.75, 3.05) is 5.32 Å². The van der Waals surface area contributed by atoms with Crippen LogP contribution in [0.4, 0.5) is 5.82 Å². The lowest BCUT2D eigenvalue weighted by Gasteiger charge is -2.16. The molecule has 1 heterocycles. The van der Waals surface area contributed by atoms with Crippen LogP contribution in [0.25, 0.3) is 0 Å². The summed E-state index contributed by atoms with van der Waals surface area (Å²) >= 11 is 11.7. The highest BCUT2D eigenvalue weighted by Gasteiger charge is 2.11. The average Bonchev–Trinajstić information content (AvgIpc) is 2.95. The Labute approximate surface area is 157 Å². The molecule has 0 aliphatic rings. The molecule has 0 saturated carbocycles. The minimum atomic E-state index is 0.0892. The molecule has 3 rings (SSSR count). The first-order chi connectivity index (χ1) is 12.1. The number of nitrogens with one attached hydrogen (secondary N) is 2. The third-order valence-corrected chi connectivity index (χ3v) is 4.28. The van der Waals surface area contributed by atoms with Crippen molar-refractivity contribution in [3.8, 4) is 0 Å². The molecule has 0 aliphatic heterocycles. The summed E-state index contributed by atoms with van der Waals surface area (Å²) in [5.74, 6) is 0.551. The number of anilines is 1. The first-order valence-corrected chi connectivity index (χ1v) is 8.80. The molecular weight excluding hydrogens is 352 g/mol. The molecule has 1 atom stereocenters. The van der Waals surface area contributed by atoms with Crippen LogP contribution in [-0.4, -0.2) is 14.9 Å². The van der Waals surface area contributed by atoms with E-state index in [9.17, 15) is 0 Å². The Morgan fingerprint density at radius 1 is 1.12 bits per heavy atom. The van der Waals surface area contributed by atoms with Gasteiger partial charge in [0.2, 0.25) is 0 Å². The van der Waals surface area contributed by atoms with Crippen molar-refractivity contribution in [2.45, 2.75) is 19.5 Å². The van der Waals surface area contributed by atoms with Crippen molar-refractivity contribution >= 4 is 34.7 Å². The van der Waals surface area contributed by atoms with E-state index in [1.165, 1.54) is 0 Å². The monoisotopic (exact) mass is 370 g/mol. The van der Waals surface area contributed by atoms with E-state index in [0.29, 0.717) is 22.5 Å². The Morgan fingerprint density at radius 2 is 1.76 bits per heavy atom. The number of benzene rings is 2. The number of thiocarbonyl (C=S) groups is 1. The van der Waals surface area contributed by atoms with E-state index in [0.717, 1.165) is 11.1 Å². The van der Waals surface area contributed by atoms with Gasteiger partial charge in [0.05, 0.1) is 12.6 Å². The predicted octanol–water partition coefficient (Wildman–Crippen LogP) is 4.63. The Hall–Kier alpha value is -2.37. The molecule has 1 aromatic heterocycles. The predicted molar refractivity (Wildman–Crippen MR) is 107 cm³/mol. The van der Waals surface area contributed by atoms with Crippen molar-refractivity contribution in [1.82, 2.24) is 15.1 Å². The normalized spacial score (nSPS) is 11.8. The number of rotatable bonds is 5. The molecule has 1 unspecified atom stereocenters. The Morgan fingerprint density at radius 3 is 2.44 bits per heavy atom. The van der Waals surface area contributed by atoms with Crippen LogP contribution in [0, 0.1) is 0 Å². The summed E-state index contributed by atoms with van der Waals surface area (Å²) in [6.07, 6.45) is 1.79. The summed E-state index contributed by atoms with van der Waals surface area (Å²) in [5.41, 5.74) is 2.32. The average molecular weight is 371 g/mol. The Balaban J connectivity index is 1.62. The van der Waals surface area contributed by atoms with E-state index in [1.807, 2.05) is 36.4 Å². The molecule has 128 valence electrons. The van der Waals surface area contributed by atoms with Gasteiger partial charge in [-0.05, 0) is 30.3 Å². The molecule has 0 radical (unpaired) electrons. The maximum atomic E-state index is 6.28. The van der Waals surface area contributed by atoms with Gasteiger partial charge in [0.15, 0.2) is 10.9 Å². The molecule has 25 heavy (non-hydrogen) atoms. The Bertz CT molecular complexity index is 833. The number of nitrogens with zero attached hydrogens (tertiary/aromatic N) is 2. The van der Waals surface area contributed by atoms with Crippen LogP contribution in [0.1, 0.15) is 24.1 Å². The molecule has 0 aliphatic carbocycles. The van der Waals surface area contributed by atoms with E-state index >= 15 is 0 Å². The first kappa shape index (κ1) is 17.5. The van der Waals surface area contributed by atoms with Crippen molar-refractivity contribution < 1.29 is 0 Å². The fraction of sp³-hybridized carbons (Fsp3) is 0.158. The summed E-state index contributed by atoms with van der Waals surface area (Å²) < 4.78 is 1.79. The van der Waals surface area contributed by atoms with Gasteiger partial charge in [0.1, 0.15) is 5.02 Å². The van der Waals surface area contributed by atoms with Gasteiger partial charge in [0, 0.05) is 6.20 Å². The summed E-state index contributed by atoms with van der Waals surface area (Å²) in [6.45, 7) is 2.71. The highest BCUT2D eigenvalue weighted by Crippen LogP contribution is 2.20. The third-order valence-electron chi connectivity index (χ3n) is 3.78. The van der Waals surface area contributed by atoms with Crippen molar-refractivity contribution in [1.29, 1.82) is 0 Å². The van der Waals surface area contributed by atoms with Crippen LogP contribution < -0.4 is 10.6 Å². The fourth-order valence-corrected chi connectivity index (χ4v) is 2.97. The first-order valence-electron chi connectivity index (χ1n) is 8.01. The summed E-state index contributed by atoms with van der Waals surface area (Å²) in [5, 5.41) is 11.8. The van der Waals surface area contributed by atoms with Crippen LogP contribution >= 0.6 is 23.8 Å². The number of aromatic nitrogens is 2. The second-order valence-electron chi connectivity index (χ2n) is 5.74. The van der Waals surface area contributed by atoms with Gasteiger partial charge >= 0.3 is 0 Å². The van der Waals surface area contributed by atoms with Crippen LogP contribution in [0.3, 0.4) is 0 Å². The second-order valence-corrected chi connectivity index (χ2v) is 6.56. The summed E-state index contributed by atoms with van der Waals surface area (Å²) in [6, 6.07) is 20.3. The lowest BCUT2D eigenvalue weighted by molar-refractivity contribution is 0.689. The molecule has 2 aromatic carbocycles. The number of hydrogen-bond donors (Lipinski definition) is 2. The van der Waals surface area contributed by atoms with Gasteiger partial charge < -0.3 is 10.6 Å². The minimum absolute atomic E-state index is 0.0892. The van der Waals surface area contributed by atoms with Gasteiger partial charge in [-0.2, -0.15) is 5.10 Å². The zero-order valence-corrected chi connectivity index (χ0v) is 15.4. The van der Waals surface area contributed by atoms with Crippen LogP contribution in [-0.2, 0) is 6.54 Å². The maximum absolute atomic E-state index is 6.28.